The van der Waals surface area contributed by atoms with Crippen LogP contribution in [0.25, 0.3) is 0 Å². The van der Waals surface area contributed by atoms with E-state index in [2.05, 4.69) is 4.74 Å². The van der Waals surface area contributed by atoms with E-state index in [1.165, 1.54) is 7.11 Å². The third-order valence-electron chi connectivity index (χ3n) is 0.357. The van der Waals surface area contributed by atoms with Crippen LogP contribution in [0.5, 0.6) is 0 Å². The molecular weight excluding hydrogens is 107 g/mol. The number of methoxy groups -OCH3 is 1. The van der Waals surface area contributed by atoms with Crippen LogP contribution in [-0.2, 0) is 9.53 Å². The van der Waals surface area contributed by atoms with Gasteiger partial charge >= 0.3 is 35.5 Å². The molecule has 0 aliphatic rings. The predicted octanol–water partition coefficient (Wildman–Crippen LogP) is -3.73. The Morgan fingerprint density at radius 3 is 2.43 bits per heavy atom. The zero-order valence-electron chi connectivity index (χ0n) is 5.47. The molecule has 0 atom stereocenters. The largest absolute Gasteiger partial charge is 1.00 e. The van der Waals surface area contributed by atoms with E-state index in [4.69, 9.17) is 5.11 Å². The van der Waals surface area contributed by atoms with Gasteiger partial charge in [-0.3, -0.25) is 0 Å². The summed E-state index contributed by atoms with van der Waals surface area (Å²) in [5, 5.41) is 7.86. The molecule has 0 rings (SSSR count). The minimum Gasteiger partial charge on any atom is -1.00 e. The summed E-state index contributed by atoms with van der Waals surface area (Å²) in [6.45, 7) is -0.531. The summed E-state index contributed by atoms with van der Waals surface area (Å²) in [7, 11) is 1.22. The smallest absolute Gasteiger partial charge is 1.00 e. The van der Waals surface area contributed by atoms with Gasteiger partial charge in [0.05, 0.1) is 7.11 Å². The van der Waals surface area contributed by atoms with Crippen molar-refractivity contribution in [3.05, 3.63) is 0 Å². The molecule has 0 heterocycles. The molecule has 0 radical (unpaired) electrons. The van der Waals surface area contributed by atoms with Gasteiger partial charge in [0.1, 0.15) is 6.61 Å². The van der Waals surface area contributed by atoms with Crippen LogP contribution in [0.3, 0.4) is 0 Å². The molecule has 0 saturated heterocycles. The first-order chi connectivity index (χ1) is 2.81. The number of carbonyl (C=O) groups excluding carboxylic acids is 1. The van der Waals surface area contributed by atoms with Crippen molar-refractivity contribution in [2.75, 3.05) is 13.7 Å². The van der Waals surface area contributed by atoms with Crippen LogP contribution >= 0.6 is 0 Å². The molecule has 0 aromatic carbocycles. The van der Waals surface area contributed by atoms with Crippen LogP contribution < -0.4 is 29.6 Å². The van der Waals surface area contributed by atoms with Crippen molar-refractivity contribution in [1.29, 1.82) is 0 Å². The SMILES string of the molecule is COC(=O)CO.[H-].[Na+]. The van der Waals surface area contributed by atoms with Crippen molar-refractivity contribution in [2.45, 2.75) is 0 Å². The Labute approximate surface area is 65.4 Å². The molecule has 0 unspecified atom stereocenters. The fourth-order valence-corrected chi connectivity index (χ4v) is 0.0645. The first-order valence-corrected chi connectivity index (χ1v) is 1.49. The van der Waals surface area contributed by atoms with E-state index in [1.54, 1.807) is 0 Å². The van der Waals surface area contributed by atoms with Crippen LogP contribution in [0.1, 0.15) is 1.43 Å². The molecule has 3 nitrogen and oxygen atoms in total. The molecule has 0 spiro atoms. The Kier molecular flexibility index (Phi) is 9.57. The molecule has 1 N–H and O–H groups in total. The zero-order chi connectivity index (χ0) is 4.99. The van der Waals surface area contributed by atoms with Gasteiger partial charge in [-0.1, -0.05) is 0 Å². The van der Waals surface area contributed by atoms with E-state index in [1.807, 2.05) is 0 Å². The van der Waals surface area contributed by atoms with Crippen LogP contribution in [0.15, 0.2) is 0 Å². The predicted molar refractivity (Wildman–Crippen MR) is 20.2 cm³/mol. The van der Waals surface area contributed by atoms with Gasteiger partial charge in [-0.25, -0.2) is 4.79 Å². The van der Waals surface area contributed by atoms with E-state index in [0.717, 1.165) is 0 Å². The van der Waals surface area contributed by atoms with Crippen LogP contribution in [-0.4, -0.2) is 24.8 Å². The number of aliphatic hydroxyl groups is 1. The van der Waals surface area contributed by atoms with Crippen LogP contribution in [0.2, 0.25) is 0 Å². The maximum Gasteiger partial charge on any atom is 1.00 e. The normalized spacial score (nSPS) is 6.57. The summed E-state index contributed by atoms with van der Waals surface area (Å²) in [5.74, 6) is -0.602. The molecule has 7 heavy (non-hydrogen) atoms. The average molecular weight is 114 g/mol. The third-order valence-corrected chi connectivity index (χ3v) is 0.357. The van der Waals surface area contributed by atoms with Gasteiger partial charge in [0.2, 0.25) is 0 Å². The summed E-state index contributed by atoms with van der Waals surface area (Å²) in [5.41, 5.74) is 0. The minimum atomic E-state index is -0.602. The Morgan fingerprint density at radius 2 is 2.43 bits per heavy atom. The summed E-state index contributed by atoms with van der Waals surface area (Å²) in [6.07, 6.45) is 0. The first-order valence-electron chi connectivity index (χ1n) is 1.49. The fraction of sp³-hybridized carbons (Fsp3) is 0.667. The molecule has 0 saturated carbocycles. The number of esters is 1. The Hall–Kier alpha value is 0.430. The minimum absolute atomic E-state index is 0. The van der Waals surface area contributed by atoms with Gasteiger partial charge in [-0.15, -0.1) is 0 Å². The molecule has 4 heteroatoms. The first kappa shape index (κ1) is 10.4. The van der Waals surface area contributed by atoms with Crippen molar-refractivity contribution in [3.63, 3.8) is 0 Å². The maximum absolute atomic E-state index is 9.71. The third kappa shape index (κ3) is 6.43. The molecule has 0 aromatic heterocycles. The quantitative estimate of drug-likeness (QED) is 0.281. The van der Waals surface area contributed by atoms with E-state index >= 15 is 0 Å². The standard InChI is InChI=1S/C3H6O3.Na.H/c1-6-3(5)2-4;;/h4H,2H2,1H3;;/q;+1;-1. The average Bonchev–Trinajstić information content (AvgIpc) is 1.65. The van der Waals surface area contributed by atoms with Crippen molar-refractivity contribution >= 4 is 5.97 Å². The van der Waals surface area contributed by atoms with Crippen LogP contribution in [0, 0.1) is 0 Å². The Balaban J connectivity index is -0.000000125. The maximum atomic E-state index is 9.71. The summed E-state index contributed by atoms with van der Waals surface area (Å²) >= 11 is 0. The Bertz CT molecular complexity index is 52.5. The molecule has 0 fully saturated rings. The Morgan fingerprint density at radius 1 is 2.00 bits per heavy atom. The second-order valence-electron chi connectivity index (χ2n) is 0.734. The number of aliphatic hydroxyl groups excluding tert-OH is 1. The summed E-state index contributed by atoms with van der Waals surface area (Å²) < 4.78 is 4.01. The van der Waals surface area contributed by atoms with E-state index < -0.39 is 12.6 Å². The summed E-state index contributed by atoms with van der Waals surface area (Å²) in [4.78, 5) is 9.71. The van der Waals surface area contributed by atoms with Crippen molar-refractivity contribution in [3.8, 4) is 0 Å². The number of hydrogen-bond acceptors (Lipinski definition) is 3. The summed E-state index contributed by atoms with van der Waals surface area (Å²) in [6, 6.07) is 0. The molecular formula is C3H7NaO3. The monoisotopic (exact) mass is 114 g/mol. The van der Waals surface area contributed by atoms with E-state index in [9.17, 15) is 4.79 Å². The zero-order valence-corrected chi connectivity index (χ0v) is 6.47. The van der Waals surface area contributed by atoms with Gasteiger partial charge in [0.25, 0.3) is 0 Å². The topological polar surface area (TPSA) is 46.5 Å². The van der Waals surface area contributed by atoms with Crippen LogP contribution in [0.4, 0.5) is 0 Å². The second kappa shape index (κ2) is 6.43. The van der Waals surface area contributed by atoms with Gasteiger partial charge in [0, 0.05) is 0 Å². The molecule has 0 bridgehead atoms. The molecule has 0 aliphatic heterocycles. The van der Waals surface area contributed by atoms with Gasteiger partial charge in [0.15, 0.2) is 0 Å². The molecule has 0 aromatic rings. The van der Waals surface area contributed by atoms with Gasteiger partial charge in [-0.2, -0.15) is 0 Å². The molecule has 0 amide bonds. The van der Waals surface area contributed by atoms with Crippen molar-refractivity contribution < 1.29 is 45.6 Å². The van der Waals surface area contributed by atoms with Gasteiger partial charge in [-0.05, 0) is 0 Å². The van der Waals surface area contributed by atoms with Crippen molar-refractivity contribution in [2.24, 2.45) is 0 Å². The fourth-order valence-electron chi connectivity index (χ4n) is 0.0645. The number of rotatable bonds is 1. The van der Waals surface area contributed by atoms with E-state index in [0.29, 0.717) is 0 Å². The molecule has 38 valence electrons. The second-order valence-corrected chi connectivity index (χ2v) is 0.734. The number of carbonyl (C=O) groups is 1. The van der Waals surface area contributed by atoms with Crippen molar-refractivity contribution in [1.82, 2.24) is 0 Å². The molecule has 0 aliphatic carbocycles. The number of hydrogen-bond donors (Lipinski definition) is 1. The number of ether oxygens (including phenoxy) is 1. The van der Waals surface area contributed by atoms with E-state index in [-0.39, 0.29) is 31.0 Å². The van der Waals surface area contributed by atoms with Gasteiger partial charge < -0.3 is 11.3 Å².